The minimum absolute atomic E-state index is 0.313. The van der Waals surface area contributed by atoms with Gasteiger partial charge < -0.3 is 10.6 Å². The third-order valence-electron chi connectivity index (χ3n) is 9.44. The lowest BCUT2D eigenvalue weighted by atomic mass is 9.52. The Morgan fingerprint density at radius 1 is 1.14 bits per heavy atom. The fourth-order valence-corrected chi connectivity index (χ4v) is 7.86. The van der Waals surface area contributed by atoms with Gasteiger partial charge in [0, 0.05) is 24.9 Å². The fraction of sp³-hybridized carbons (Fsp3) is 0.531. The van der Waals surface area contributed by atoms with E-state index in [1.807, 2.05) is 6.08 Å². The van der Waals surface area contributed by atoms with E-state index < -0.39 is 0 Å². The molecule has 2 N–H and O–H groups in total. The number of carbonyl (C=O) groups excluding carboxylic acids is 1. The van der Waals surface area contributed by atoms with Crippen molar-refractivity contribution < 1.29 is 4.79 Å². The molecule has 0 saturated heterocycles. The first-order valence-corrected chi connectivity index (χ1v) is 13.7. The third kappa shape index (κ3) is 4.43. The number of hydrogen-bond acceptors (Lipinski definition) is 3. The molecule has 1 aromatic rings. The molecule has 4 aliphatic rings. The first-order valence-electron chi connectivity index (χ1n) is 13.7. The molecular formula is C32H42N2O. The SMILES string of the molecule is C=CC1CCC2C3CCC4=CC(=O)CCC4=C3C(c3ccc(CNC(=C)NC(C)C)cc3)CC12C. The molecule has 5 atom stereocenters. The minimum Gasteiger partial charge on any atom is -0.370 e. The minimum atomic E-state index is 0.313. The van der Waals surface area contributed by atoms with E-state index in [4.69, 9.17) is 0 Å². The van der Waals surface area contributed by atoms with Crippen LogP contribution in [0.3, 0.4) is 0 Å². The van der Waals surface area contributed by atoms with E-state index in [0.29, 0.717) is 41.4 Å². The Balaban J connectivity index is 1.47. The molecule has 5 unspecified atom stereocenters. The van der Waals surface area contributed by atoms with Crippen LogP contribution in [0.5, 0.6) is 0 Å². The van der Waals surface area contributed by atoms with Crippen LogP contribution in [0.1, 0.15) is 82.8 Å². The van der Waals surface area contributed by atoms with E-state index in [9.17, 15) is 4.79 Å². The van der Waals surface area contributed by atoms with Crippen LogP contribution in [0.4, 0.5) is 0 Å². The number of rotatable bonds is 7. The van der Waals surface area contributed by atoms with Crippen LogP contribution in [-0.4, -0.2) is 11.8 Å². The molecule has 3 heteroatoms. The second-order valence-electron chi connectivity index (χ2n) is 11.9. The van der Waals surface area contributed by atoms with Crippen molar-refractivity contribution in [1.29, 1.82) is 0 Å². The molecule has 2 saturated carbocycles. The third-order valence-corrected chi connectivity index (χ3v) is 9.44. The highest BCUT2D eigenvalue weighted by atomic mass is 16.1. The van der Waals surface area contributed by atoms with Gasteiger partial charge in [-0.15, -0.1) is 6.58 Å². The van der Waals surface area contributed by atoms with Crippen molar-refractivity contribution >= 4 is 5.78 Å². The van der Waals surface area contributed by atoms with Crippen LogP contribution in [0.25, 0.3) is 0 Å². The van der Waals surface area contributed by atoms with Gasteiger partial charge in [0.05, 0.1) is 5.82 Å². The number of allylic oxidation sites excluding steroid dienone is 5. The van der Waals surface area contributed by atoms with Crippen molar-refractivity contribution in [3.63, 3.8) is 0 Å². The van der Waals surface area contributed by atoms with E-state index in [1.165, 1.54) is 48.0 Å². The molecule has 0 spiro atoms. The molecule has 0 aromatic heterocycles. The average molecular weight is 471 g/mol. The van der Waals surface area contributed by atoms with E-state index in [2.05, 4.69) is 74.9 Å². The summed E-state index contributed by atoms with van der Waals surface area (Å²) >= 11 is 0. The van der Waals surface area contributed by atoms with Gasteiger partial charge in [-0.1, -0.05) is 49.4 Å². The van der Waals surface area contributed by atoms with E-state index in [-0.39, 0.29) is 0 Å². The molecule has 0 heterocycles. The lowest BCUT2D eigenvalue weighted by Gasteiger charge is -2.52. The normalized spacial score (nSPS) is 31.9. The maximum absolute atomic E-state index is 12.2. The van der Waals surface area contributed by atoms with Crippen LogP contribution in [0.15, 0.2) is 72.1 Å². The van der Waals surface area contributed by atoms with Gasteiger partial charge >= 0.3 is 0 Å². The molecule has 0 amide bonds. The lowest BCUT2D eigenvalue weighted by molar-refractivity contribution is -0.114. The van der Waals surface area contributed by atoms with Crippen molar-refractivity contribution in [2.45, 2.75) is 84.2 Å². The molecule has 0 radical (unpaired) electrons. The van der Waals surface area contributed by atoms with Gasteiger partial charge in [0.2, 0.25) is 0 Å². The van der Waals surface area contributed by atoms with Gasteiger partial charge in [0.25, 0.3) is 0 Å². The van der Waals surface area contributed by atoms with Crippen LogP contribution >= 0.6 is 0 Å². The summed E-state index contributed by atoms with van der Waals surface area (Å²) in [6.45, 7) is 15.9. The molecule has 2 fully saturated rings. The van der Waals surface area contributed by atoms with Gasteiger partial charge in [-0.05, 0) is 104 Å². The first kappa shape index (κ1) is 24.2. The Kier molecular flexibility index (Phi) is 6.55. The average Bonchev–Trinajstić information content (AvgIpc) is 3.17. The Bertz CT molecular complexity index is 1080. The molecular weight excluding hydrogens is 428 g/mol. The maximum Gasteiger partial charge on any atom is 0.156 e. The summed E-state index contributed by atoms with van der Waals surface area (Å²) in [6.07, 6.45) is 11.9. The molecule has 3 nitrogen and oxygen atoms in total. The fourth-order valence-electron chi connectivity index (χ4n) is 7.86. The second kappa shape index (κ2) is 9.48. The summed E-state index contributed by atoms with van der Waals surface area (Å²) in [5, 5.41) is 6.72. The number of benzene rings is 1. The van der Waals surface area contributed by atoms with Crippen molar-refractivity contribution in [2.24, 2.45) is 23.2 Å². The van der Waals surface area contributed by atoms with Gasteiger partial charge in [-0.25, -0.2) is 0 Å². The number of fused-ring (bicyclic) bond motifs is 4. The first-order chi connectivity index (χ1) is 16.8. The highest BCUT2D eigenvalue weighted by Gasteiger charge is 2.55. The van der Waals surface area contributed by atoms with E-state index >= 15 is 0 Å². The number of nitrogens with one attached hydrogen (secondary N) is 2. The summed E-state index contributed by atoms with van der Waals surface area (Å²) in [5.41, 5.74) is 7.59. The van der Waals surface area contributed by atoms with Gasteiger partial charge in [-0.3, -0.25) is 4.79 Å². The Hall–Kier alpha value is -2.55. The molecule has 4 aliphatic carbocycles. The summed E-state index contributed by atoms with van der Waals surface area (Å²) in [4.78, 5) is 12.2. The molecule has 1 aromatic carbocycles. The molecule has 5 rings (SSSR count). The topological polar surface area (TPSA) is 41.1 Å². The van der Waals surface area contributed by atoms with Crippen molar-refractivity contribution in [2.75, 3.05) is 0 Å². The predicted octanol–water partition coefficient (Wildman–Crippen LogP) is 6.95. The predicted molar refractivity (Wildman–Crippen MR) is 145 cm³/mol. The van der Waals surface area contributed by atoms with Crippen molar-refractivity contribution in [3.05, 3.63) is 83.2 Å². The van der Waals surface area contributed by atoms with E-state index in [1.54, 1.807) is 5.57 Å². The largest absolute Gasteiger partial charge is 0.370 e. The number of hydrogen-bond donors (Lipinski definition) is 2. The zero-order chi connectivity index (χ0) is 24.7. The smallest absolute Gasteiger partial charge is 0.156 e. The van der Waals surface area contributed by atoms with Gasteiger partial charge in [0.1, 0.15) is 0 Å². The summed E-state index contributed by atoms with van der Waals surface area (Å²) in [6, 6.07) is 9.65. The van der Waals surface area contributed by atoms with E-state index in [0.717, 1.165) is 31.1 Å². The Morgan fingerprint density at radius 2 is 1.91 bits per heavy atom. The quantitative estimate of drug-likeness (QED) is 0.424. The standard InChI is InChI=1S/C32H42N2O/c1-6-25-12-16-30-28-14-11-24-17-26(35)13-15-27(24)31(28)29(18-32(25,30)5)23-9-7-22(8-10-23)19-33-21(4)34-20(2)3/h6-10,17,20,25,28-30,33-34H,1,4,11-16,18-19H2,2-3,5H3. The van der Waals surface area contributed by atoms with Crippen LogP contribution in [-0.2, 0) is 11.3 Å². The summed E-state index contributed by atoms with van der Waals surface area (Å²) in [7, 11) is 0. The van der Waals surface area contributed by atoms with Gasteiger partial charge in [0.15, 0.2) is 5.78 Å². The maximum atomic E-state index is 12.2. The highest BCUT2D eigenvalue weighted by Crippen LogP contribution is 2.65. The monoisotopic (exact) mass is 470 g/mol. The second-order valence-corrected chi connectivity index (χ2v) is 11.9. The number of ketones is 1. The zero-order valence-corrected chi connectivity index (χ0v) is 21.8. The summed E-state index contributed by atoms with van der Waals surface area (Å²) < 4.78 is 0. The van der Waals surface area contributed by atoms with Gasteiger partial charge in [-0.2, -0.15) is 0 Å². The summed E-state index contributed by atoms with van der Waals surface area (Å²) in [5.74, 6) is 3.62. The van der Waals surface area contributed by atoms with Crippen molar-refractivity contribution in [1.82, 2.24) is 10.6 Å². The van der Waals surface area contributed by atoms with Crippen LogP contribution in [0, 0.1) is 23.2 Å². The number of carbonyl (C=O) groups is 1. The molecule has 35 heavy (non-hydrogen) atoms. The molecule has 186 valence electrons. The Labute approximate surface area is 211 Å². The lowest BCUT2D eigenvalue weighted by Crippen LogP contribution is -2.43. The van der Waals surface area contributed by atoms with Crippen molar-refractivity contribution in [3.8, 4) is 0 Å². The Morgan fingerprint density at radius 3 is 2.63 bits per heavy atom. The molecule has 0 bridgehead atoms. The molecule has 0 aliphatic heterocycles. The van der Waals surface area contributed by atoms with Crippen LogP contribution in [0.2, 0.25) is 0 Å². The zero-order valence-electron chi connectivity index (χ0n) is 21.8. The highest BCUT2D eigenvalue weighted by molar-refractivity contribution is 5.93. The van der Waals surface area contributed by atoms with Crippen LogP contribution < -0.4 is 10.6 Å².